The van der Waals surface area contributed by atoms with Gasteiger partial charge in [-0.1, -0.05) is 24.3 Å². The van der Waals surface area contributed by atoms with Crippen molar-refractivity contribution in [1.82, 2.24) is 0 Å². The van der Waals surface area contributed by atoms with Crippen LogP contribution in [-0.4, -0.2) is 19.6 Å². The van der Waals surface area contributed by atoms with Gasteiger partial charge in [-0.2, -0.15) is 0 Å². The first-order valence-corrected chi connectivity index (χ1v) is 7.14. The van der Waals surface area contributed by atoms with Crippen LogP contribution in [0.15, 0.2) is 36.4 Å². The minimum absolute atomic E-state index is 0.0389. The highest BCUT2D eigenvalue weighted by molar-refractivity contribution is 5.93. The maximum absolute atomic E-state index is 12.1. The number of nitrogens with one attached hydrogen (secondary N) is 1. The highest BCUT2D eigenvalue weighted by Gasteiger charge is 2.10. The van der Waals surface area contributed by atoms with E-state index in [1.807, 2.05) is 57.2 Å². The highest BCUT2D eigenvalue weighted by Crippen LogP contribution is 2.25. The molecule has 2 aromatic rings. The monoisotopic (exact) mass is 299 g/mol. The maximum atomic E-state index is 12.1. The number of hydrogen-bond acceptors (Lipinski definition) is 3. The van der Waals surface area contributed by atoms with Gasteiger partial charge in [-0.05, 0) is 49.6 Å². The van der Waals surface area contributed by atoms with E-state index in [1.54, 1.807) is 7.11 Å². The molecule has 4 heteroatoms. The highest BCUT2D eigenvalue weighted by atomic mass is 16.5. The molecule has 0 aliphatic carbocycles. The second-order valence-corrected chi connectivity index (χ2v) is 5.26. The average molecular weight is 299 g/mol. The molecule has 1 N–H and O–H groups in total. The molecule has 0 atom stereocenters. The van der Waals surface area contributed by atoms with Crippen LogP contribution in [0.1, 0.15) is 16.7 Å². The summed E-state index contributed by atoms with van der Waals surface area (Å²) < 4.78 is 10.9. The van der Waals surface area contributed by atoms with Crippen LogP contribution in [0.3, 0.4) is 0 Å². The third-order valence-corrected chi connectivity index (χ3v) is 3.39. The van der Waals surface area contributed by atoms with Crippen LogP contribution in [0, 0.1) is 20.8 Å². The van der Waals surface area contributed by atoms with Crippen molar-refractivity contribution < 1.29 is 14.3 Å². The van der Waals surface area contributed by atoms with Crippen molar-refractivity contribution >= 4 is 11.6 Å². The van der Waals surface area contributed by atoms with Crippen molar-refractivity contribution in [2.24, 2.45) is 0 Å². The van der Waals surface area contributed by atoms with Gasteiger partial charge in [0.2, 0.25) is 0 Å². The van der Waals surface area contributed by atoms with Crippen molar-refractivity contribution in [2.45, 2.75) is 20.8 Å². The summed E-state index contributed by atoms with van der Waals surface area (Å²) in [6.07, 6.45) is 0. The molecule has 22 heavy (non-hydrogen) atoms. The van der Waals surface area contributed by atoms with E-state index in [0.29, 0.717) is 11.4 Å². The minimum atomic E-state index is -0.216. The average Bonchev–Trinajstić information content (AvgIpc) is 2.47. The molecule has 0 fully saturated rings. The van der Waals surface area contributed by atoms with Crippen molar-refractivity contribution in [1.29, 1.82) is 0 Å². The van der Waals surface area contributed by atoms with Gasteiger partial charge in [0.05, 0.1) is 12.8 Å². The number of para-hydroxylation sites is 1. The van der Waals surface area contributed by atoms with Gasteiger partial charge in [0.1, 0.15) is 11.5 Å². The molecule has 0 aliphatic rings. The Bertz CT molecular complexity index is 660. The summed E-state index contributed by atoms with van der Waals surface area (Å²) in [6, 6.07) is 11.5. The van der Waals surface area contributed by atoms with Gasteiger partial charge in [-0.25, -0.2) is 0 Å². The maximum Gasteiger partial charge on any atom is 0.262 e. The second kappa shape index (κ2) is 6.98. The number of carbonyl (C=O) groups excluding carboxylic acids is 1. The molecule has 0 radical (unpaired) electrons. The lowest BCUT2D eigenvalue weighted by molar-refractivity contribution is -0.118. The standard InChI is InChI=1S/C18H21NO3/c1-12-8-9-16(21-4)15(10-12)19-17(20)11-22-18-13(2)6-5-7-14(18)3/h5-10H,11H2,1-4H3,(H,19,20). The first-order valence-electron chi connectivity index (χ1n) is 7.14. The van der Waals surface area contributed by atoms with E-state index in [9.17, 15) is 4.79 Å². The van der Waals surface area contributed by atoms with Gasteiger partial charge < -0.3 is 14.8 Å². The number of aryl methyl sites for hydroxylation is 3. The summed E-state index contributed by atoms with van der Waals surface area (Å²) >= 11 is 0. The molecule has 116 valence electrons. The van der Waals surface area contributed by atoms with Crippen LogP contribution in [0.2, 0.25) is 0 Å². The predicted octanol–water partition coefficient (Wildman–Crippen LogP) is 3.64. The number of methoxy groups -OCH3 is 1. The normalized spacial score (nSPS) is 10.2. The van der Waals surface area contributed by atoms with Crippen molar-refractivity contribution in [3.8, 4) is 11.5 Å². The van der Waals surface area contributed by atoms with Crippen LogP contribution in [0.5, 0.6) is 11.5 Å². The Kier molecular flexibility index (Phi) is 5.04. The lowest BCUT2D eigenvalue weighted by Gasteiger charge is -2.13. The Morgan fingerprint density at radius 1 is 1.09 bits per heavy atom. The molecule has 0 spiro atoms. The zero-order valence-electron chi connectivity index (χ0n) is 13.4. The molecular formula is C18H21NO3. The van der Waals surface area contributed by atoms with E-state index < -0.39 is 0 Å². The summed E-state index contributed by atoms with van der Waals surface area (Å²) in [5.41, 5.74) is 3.73. The van der Waals surface area contributed by atoms with E-state index >= 15 is 0 Å². The van der Waals surface area contributed by atoms with Gasteiger partial charge >= 0.3 is 0 Å². The fraction of sp³-hybridized carbons (Fsp3) is 0.278. The lowest BCUT2D eigenvalue weighted by atomic mass is 10.1. The topological polar surface area (TPSA) is 47.6 Å². The largest absolute Gasteiger partial charge is 0.495 e. The predicted molar refractivity (Wildman–Crippen MR) is 87.8 cm³/mol. The Morgan fingerprint density at radius 2 is 1.77 bits per heavy atom. The molecule has 0 aromatic heterocycles. The number of carbonyl (C=O) groups is 1. The van der Waals surface area contributed by atoms with Crippen molar-refractivity contribution in [3.05, 3.63) is 53.1 Å². The molecule has 0 aliphatic heterocycles. The molecule has 4 nitrogen and oxygen atoms in total. The lowest BCUT2D eigenvalue weighted by Crippen LogP contribution is -2.21. The van der Waals surface area contributed by atoms with E-state index in [0.717, 1.165) is 22.4 Å². The summed E-state index contributed by atoms with van der Waals surface area (Å²) in [7, 11) is 1.58. The fourth-order valence-electron chi connectivity index (χ4n) is 2.27. The third-order valence-electron chi connectivity index (χ3n) is 3.39. The number of anilines is 1. The molecule has 0 heterocycles. The summed E-state index contributed by atoms with van der Waals surface area (Å²) in [4.78, 5) is 12.1. The van der Waals surface area contributed by atoms with Crippen LogP contribution < -0.4 is 14.8 Å². The molecule has 2 aromatic carbocycles. The van der Waals surface area contributed by atoms with Crippen LogP contribution >= 0.6 is 0 Å². The molecule has 0 saturated carbocycles. The van der Waals surface area contributed by atoms with Gasteiger partial charge in [0.15, 0.2) is 6.61 Å². The molecule has 0 bridgehead atoms. The number of benzene rings is 2. The van der Waals surface area contributed by atoms with Gasteiger partial charge in [0, 0.05) is 0 Å². The number of hydrogen-bond donors (Lipinski definition) is 1. The van der Waals surface area contributed by atoms with E-state index in [-0.39, 0.29) is 12.5 Å². The van der Waals surface area contributed by atoms with E-state index in [1.165, 1.54) is 0 Å². The smallest absolute Gasteiger partial charge is 0.262 e. The Balaban J connectivity index is 2.03. The Labute approximate surface area is 131 Å². The zero-order valence-corrected chi connectivity index (χ0v) is 13.4. The van der Waals surface area contributed by atoms with E-state index in [4.69, 9.17) is 9.47 Å². The van der Waals surface area contributed by atoms with Crippen LogP contribution in [0.25, 0.3) is 0 Å². The summed E-state index contributed by atoms with van der Waals surface area (Å²) in [6.45, 7) is 5.85. The molecule has 2 rings (SSSR count). The third kappa shape index (κ3) is 3.79. The SMILES string of the molecule is COc1ccc(C)cc1NC(=O)COc1c(C)cccc1C. The quantitative estimate of drug-likeness (QED) is 0.917. The number of amides is 1. The molecule has 1 amide bonds. The van der Waals surface area contributed by atoms with E-state index in [2.05, 4.69) is 5.32 Å². The zero-order chi connectivity index (χ0) is 16.1. The number of ether oxygens (including phenoxy) is 2. The second-order valence-electron chi connectivity index (χ2n) is 5.26. The first kappa shape index (κ1) is 15.9. The minimum Gasteiger partial charge on any atom is -0.495 e. The van der Waals surface area contributed by atoms with Gasteiger partial charge in [0.25, 0.3) is 5.91 Å². The molecule has 0 saturated heterocycles. The Hall–Kier alpha value is -2.49. The van der Waals surface area contributed by atoms with Gasteiger partial charge in [-0.15, -0.1) is 0 Å². The van der Waals surface area contributed by atoms with Crippen molar-refractivity contribution in [2.75, 3.05) is 19.0 Å². The summed E-state index contributed by atoms with van der Waals surface area (Å²) in [5.74, 6) is 1.17. The van der Waals surface area contributed by atoms with Crippen molar-refractivity contribution in [3.63, 3.8) is 0 Å². The fourth-order valence-corrected chi connectivity index (χ4v) is 2.27. The molecular weight excluding hydrogens is 278 g/mol. The first-order chi connectivity index (χ1) is 10.5. The Morgan fingerprint density at radius 3 is 2.41 bits per heavy atom. The van der Waals surface area contributed by atoms with Crippen LogP contribution in [-0.2, 0) is 4.79 Å². The van der Waals surface area contributed by atoms with Crippen LogP contribution in [0.4, 0.5) is 5.69 Å². The molecule has 0 unspecified atom stereocenters. The van der Waals surface area contributed by atoms with Gasteiger partial charge in [-0.3, -0.25) is 4.79 Å². The summed E-state index contributed by atoms with van der Waals surface area (Å²) in [5, 5.41) is 2.82. The number of rotatable bonds is 5.